The van der Waals surface area contributed by atoms with Gasteiger partial charge in [0.1, 0.15) is 0 Å². The van der Waals surface area contributed by atoms with Crippen molar-refractivity contribution in [3.63, 3.8) is 0 Å². The van der Waals surface area contributed by atoms with Crippen LogP contribution in [-0.2, 0) is 83.0 Å². The van der Waals surface area contributed by atoms with E-state index in [1.165, 1.54) is 89.0 Å². The summed E-state index contributed by atoms with van der Waals surface area (Å²) < 4.78 is 3.22. The Morgan fingerprint density at radius 3 is 0.844 bits per heavy atom. The van der Waals surface area contributed by atoms with Crippen LogP contribution in [0.1, 0.15) is 214 Å². The Bertz CT molecular complexity index is 3200. The van der Waals surface area contributed by atoms with Gasteiger partial charge in [0.2, 0.25) is 0 Å². The molecule has 4 atom stereocenters. The van der Waals surface area contributed by atoms with Crippen LogP contribution >= 0.6 is 0 Å². The quantitative estimate of drug-likeness (QED) is 0.133. The molecule has 4 unspecified atom stereocenters. The number of benzene rings is 8. The maximum atomic E-state index is 3.53. The predicted octanol–water partition coefficient (Wildman–Crippen LogP) is 16.6. The monoisotopic (exact) mass is 1380 g/mol. The third-order valence-electron chi connectivity index (χ3n) is 17.3. The molecule has 8 aromatic rings. The van der Waals surface area contributed by atoms with Gasteiger partial charge in [-0.25, -0.2) is 24.3 Å². The van der Waals surface area contributed by atoms with Gasteiger partial charge >= 0.3 is 250 Å². The Morgan fingerprint density at radius 1 is 0.356 bits per heavy atom. The standard InChI is InChI=1S/2C21H25.2C17H18.2C5H5.2ClH.2Zr/c2*1-20(2,3)16-9-7-14-11-15-8-10-17(21(4,5)6)13-19(15)18(14)12-16;2*1-14(16-9-5-3-6-10-16)13-15(2)17-11-7-4-8-12-17;2*1-2-4-5-3-1;;;;/h2*7,9-10,12-13H,11H2,1-6H3;2*3-12,14-15H,1-2H3;2*1-3H,4H2;2*1H;;/q2*-1;;;2*-1;;;2*+2/p-2. The van der Waals surface area contributed by atoms with Crippen LogP contribution in [0.4, 0.5) is 0 Å². The minimum Gasteiger partial charge on any atom is -1.00 e. The van der Waals surface area contributed by atoms with Gasteiger partial charge in [0, 0.05) is 0 Å². The van der Waals surface area contributed by atoms with E-state index < -0.39 is 0 Å². The normalized spacial score (nSPS) is 14.1. The summed E-state index contributed by atoms with van der Waals surface area (Å²) >= 11 is 3.08. The molecule has 4 aliphatic rings. The van der Waals surface area contributed by atoms with Crippen molar-refractivity contribution in [2.75, 3.05) is 0 Å². The predicted molar refractivity (Wildman–Crippen MR) is 374 cm³/mol. The zero-order valence-corrected chi connectivity index (χ0v) is 63.1. The molecule has 464 valence electrons. The Hall–Kier alpha value is -5.19. The second kappa shape index (κ2) is 34.6. The van der Waals surface area contributed by atoms with E-state index in [1.54, 1.807) is 54.9 Å². The van der Waals surface area contributed by atoms with Gasteiger partial charge in [-0.1, -0.05) is 153 Å². The first-order valence-corrected chi connectivity index (χ1v) is 34.4. The average Bonchev–Trinajstić information content (AvgIpc) is 1.76. The third kappa shape index (κ3) is 21.4. The largest absolute Gasteiger partial charge is 1.00 e. The van der Waals surface area contributed by atoms with E-state index in [9.17, 15) is 0 Å². The van der Waals surface area contributed by atoms with Crippen LogP contribution in [0.3, 0.4) is 0 Å². The zero-order valence-electron chi connectivity index (χ0n) is 56.7. The van der Waals surface area contributed by atoms with Crippen LogP contribution in [0, 0.1) is 24.3 Å². The number of hydrogen-bond donors (Lipinski definition) is 0. The Kier molecular flexibility index (Phi) is 29.1. The molecule has 4 heteroatoms. The Morgan fingerprint density at radius 2 is 0.622 bits per heavy atom. The minimum absolute atomic E-state index is 0. The first-order chi connectivity index (χ1) is 41.7. The number of fused-ring (bicyclic) bond motifs is 6. The van der Waals surface area contributed by atoms with Crippen molar-refractivity contribution < 1.29 is 73.3 Å². The molecule has 12 rings (SSSR count). The molecular weight excluding hydrogens is 1290 g/mol. The van der Waals surface area contributed by atoms with Crippen molar-refractivity contribution in [2.45, 2.75) is 182 Å². The van der Waals surface area contributed by atoms with E-state index >= 15 is 0 Å². The third-order valence-corrected chi connectivity index (χ3v) is 21.5. The van der Waals surface area contributed by atoms with Gasteiger partial charge < -0.3 is 24.8 Å². The fourth-order valence-corrected chi connectivity index (χ4v) is 12.7. The molecule has 0 aromatic heterocycles. The van der Waals surface area contributed by atoms with Crippen molar-refractivity contribution in [1.29, 1.82) is 0 Å². The van der Waals surface area contributed by atoms with Crippen LogP contribution < -0.4 is 24.8 Å². The molecule has 0 heterocycles. The number of hydrogen-bond acceptors (Lipinski definition) is 0. The topological polar surface area (TPSA) is 0 Å². The molecule has 4 aliphatic carbocycles. The Labute approximate surface area is 587 Å². The summed E-state index contributed by atoms with van der Waals surface area (Å²) in [5, 5.41) is 0. The Balaban J connectivity index is 0.000000206. The van der Waals surface area contributed by atoms with Crippen LogP contribution in [0.25, 0.3) is 22.3 Å². The van der Waals surface area contributed by atoms with Gasteiger partial charge in [-0.3, -0.25) is 12.2 Å². The van der Waals surface area contributed by atoms with Crippen molar-refractivity contribution in [1.82, 2.24) is 0 Å². The molecule has 0 radical (unpaired) electrons. The molecule has 0 nitrogen and oxygen atoms in total. The van der Waals surface area contributed by atoms with Crippen LogP contribution in [0.15, 0.2) is 218 Å². The summed E-state index contributed by atoms with van der Waals surface area (Å²) in [6, 6.07) is 73.3. The fraction of sp³-hybridized carbons (Fsp3) is 0.326. The van der Waals surface area contributed by atoms with Gasteiger partial charge in [0.05, 0.1) is 0 Å². The van der Waals surface area contributed by atoms with Crippen molar-refractivity contribution in [2.24, 2.45) is 0 Å². The molecule has 0 saturated carbocycles. The molecule has 90 heavy (non-hydrogen) atoms. The van der Waals surface area contributed by atoms with Crippen LogP contribution in [0.2, 0.25) is 0 Å². The molecule has 0 spiro atoms. The SMILES string of the molecule is CC(C)(C)c1c[c-]c2c(c1)-c1cc(C(C)(C)C)ccc1C2.CC(C)(C)c1c[c-]c2c(c1)-c1cc(C(C)(C)C)ccc1C2.CC([C](=[Zr+2])C(C)c1ccccc1)c1ccccc1.CC([C](=[Zr+2])C(C)c1ccccc1)c1ccccc1.[C-]1=CC=CC1.[C-]1=CC=CC1.[Cl-].[Cl-]. The van der Waals surface area contributed by atoms with E-state index in [0.29, 0.717) is 23.7 Å². The molecule has 0 amide bonds. The number of halogens is 2. The first-order valence-electron chi connectivity index (χ1n) is 31.9. The smallest absolute Gasteiger partial charge is 0.109 e. The van der Waals surface area contributed by atoms with Gasteiger partial charge in [-0.05, 0) is 34.8 Å². The maximum absolute atomic E-state index is 3.53. The van der Waals surface area contributed by atoms with Gasteiger partial charge in [0.25, 0.3) is 0 Å². The number of allylic oxidation sites excluding steroid dienone is 8. The summed E-state index contributed by atoms with van der Waals surface area (Å²) in [7, 11) is 0. The van der Waals surface area contributed by atoms with Gasteiger partial charge in [-0.2, -0.15) is 70.8 Å². The van der Waals surface area contributed by atoms with Crippen molar-refractivity contribution in [3.8, 4) is 22.3 Å². The van der Waals surface area contributed by atoms with Crippen LogP contribution in [-0.4, -0.2) is 6.41 Å². The number of rotatable bonds is 8. The summed E-state index contributed by atoms with van der Waals surface area (Å²) in [5.74, 6) is 2.17. The van der Waals surface area contributed by atoms with E-state index in [-0.39, 0.29) is 46.5 Å². The molecular formula is C86H96Cl2Zr2-2. The maximum Gasteiger partial charge on any atom is -0.109 e. The zero-order chi connectivity index (χ0) is 63.8. The minimum atomic E-state index is 0. The molecule has 0 N–H and O–H groups in total. The molecule has 0 fully saturated rings. The summed E-state index contributed by atoms with van der Waals surface area (Å²) in [6.45, 7) is 36.6. The fourth-order valence-electron chi connectivity index (χ4n) is 11.1. The first kappa shape index (κ1) is 75.5. The van der Waals surface area contributed by atoms with Crippen molar-refractivity contribution >= 4 is 6.41 Å². The van der Waals surface area contributed by atoms with E-state index in [1.807, 2.05) is 24.3 Å². The van der Waals surface area contributed by atoms with Gasteiger partial charge in [0.15, 0.2) is 0 Å². The second-order valence-corrected chi connectivity index (χ2v) is 30.9. The summed E-state index contributed by atoms with van der Waals surface area (Å²) in [4.78, 5) is 0. The molecule has 0 aliphatic heterocycles. The van der Waals surface area contributed by atoms with Gasteiger partial charge in [-0.15, -0.1) is 24.0 Å². The molecule has 8 aromatic carbocycles. The summed E-state index contributed by atoms with van der Waals surface area (Å²) in [5.41, 5.74) is 23.2. The molecule has 0 bridgehead atoms. The second-order valence-electron chi connectivity index (χ2n) is 28.1. The average molecular weight is 1380 g/mol. The van der Waals surface area contributed by atoms with E-state index in [4.69, 9.17) is 0 Å². The molecule has 0 saturated heterocycles. The summed E-state index contributed by atoms with van der Waals surface area (Å²) in [6.07, 6.45) is 22.1. The van der Waals surface area contributed by atoms with Crippen LogP contribution in [0.5, 0.6) is 0 Å². The van der Waals surface area contributed by atoms with E-state index in [2.05, 4.69) is 329 Å². The van der Waals surface area contributed by atoms with Crippen molar-refractivity contribution in [3.05, 3.63) is 309 Å². The van der Waals surface area contributed by atoms with E-state index in [0.717, 1.165) is 25.7 Å².